The molecule has 0 aromatic carbocycles. The van der Waals surface area contributed by atoms with Crippen molar-refractivity contribution in [2.45, 2.75) is 53.4 Å². The van der Waals surface area contributed by atoms with Gasteiger partial charge < -0.3 is 9.80 Å². The van der Waals surface area contributed by atoms with Crippen molar-refractivity contribution in [3.8, 4) is 0 Å². The molecule has 0 saturated carbocycles. The summed E-state index contributed by atoms with van der Waals surface area (Å²) in [5.74, 6) is 0.578. The molecule has 2 saturated heterocycles. The summed E-state index contributed by atoms with van der Waals surface area (Å²) in [4.78, 5) is 18.3. The van der Waals surface area contributed by atoms with Crippen LogP contribution in [-0.2, 0) is 4.79 Å². The summed E-state index contributed by atoms with van der Waals surface area (Å²) < 4.78 is 0. The van der Waals surface area contributed by atoms with Crippen LogP contribution in [-0.4, -0.2) is 54.9 Å². The largest absolute Gasteiger partial charge is 0.301 e. The van der Waals surface area contributed by atoms with Crippen LogP contribution in [0.3, 0.4) is 0 Å². The van der Waals surface area contributed by atoms with Gasteiger partial charge in [-0.05, 0) is 38.8 Å². The van der Waals surface area contributed by atoms with E-state index in [9.17, 15) is 4.79 Å². The van der Waals surface area contributed by atoms with Crippen molar-refractivity contribution in [1.29, 1.82) is 0 Å². The van der Waals surface area contributed by atoms with E-state index in [0.29, 0.717) is 5.78 Å². The third kappa shape index (κ3) is 2.55. The predicted molar refractivity (Wildman–Crippen MR) is 83.9 cm³/mol. The standard InChI is InChI=1S/C17H32N2O/c1-5-9-18-11-16(7-3)13-19(10-6-2)14-17(8-4,12-18)15(16)20/h5-14H2,1-4H3. The van der Waals surface area contributed by atoms with Gasteiger partial charge in [0.25, 0.3) is 0 Å². The summed E-state index contributed by atoms with van der Waals surface area (Å²) in [5.41, 5.74) is -0.201. The number of fused-ring (bicyclic) bond motifs is 2. The second-order valence-electron chi connectivity index (χ2n) is 7.02. The zero-order valence-electron chi connectivity index (χ0n) is 13.9. The van der Waals surface area contributed by atoms with Gasteiger partial charge in [0.2, 0.25) is 0 Å². The van der Waals surface area contributed by atoms with E-state index in [0.717, 1.165) is 52.1 Å². The molecule has 0 unspecified atom stereocenters. The van der Waals surface area contributed by atoms with Crippen molar-refractivity contribution >= 4 is 5.78 Å². The van der Waals surface area contributed by atoms with Crippen molar-refractivity contribution in [1.82, 2.24) is 9.80 Å². The molecule has 0 aliphatic carbocycles. The minimum absolute atomic E-state index is 0.100. The topological polar surface area (TPSA) is 23.6 Å². The molecule has 2 heterocycles. The van der Waals surface area contributed by atoms with Crippen LogP contribution >= 0.6 is 0 Å². The summed E-state index contributed by atoms with van der Waals surface area (Å²) in [6, 6.07) is 0. The Morgan fingerprint density at radius 1 is 0.800 bits per heavy atom. The molecule has 2 fully saturated rings. The van der Waals surface area contributed by atoms with Crippen molar-refractivity contribution in [3.05, 3.63) is 0 Å². The third-order valence-electron chi connectivity index (χ3n) is 5.50. The summed E-state index contributed by atoms with van der Waals surface area (Å²) in [6.07, 6.45) is 4.36. The van der Waals surface area contributed by atoms with Gasteiger partial charge in [-0.2, -0.15) is 0 Å². The van der Waals surface area contributed by atoms with Gasteiger partial charge in [0.15, 0.2) is 0 Å². The van der Waals surface area contributed by atoms with Gasteiger partial charge in [-0.3, -0.25) is 4.79 Å². The molecule has 2 bridgehead atoms. The van der Waals surface area contributed by atoms with Crippen LogP contribution in [0.1, 0.15) is 53.4 Å². The molecule has 3 nitrogen and oxygen atoms in total. The minimum Gasteiger partial charge on any atom is -0.301 e. The number of ketones is 1. The fourth-order valence-electron chi connectivity index (χ4n) is 4.49. The quantitative estimate of drug-likeness (QED) is 0.747. The monoisotopic (exact) mass is 280 g/mol. The maximum atomic E-state index is 13.2. The highest BCUT2D eigenvalue weighted by atomic mass is 16.1. The number of piperidine rings is 2. The zero-order chi connectivity index (χ0) is 14.8. The van der Waals surface area contributed by atoms with Gasteiger partial charge in [-0.15, -0.1) is 0 Å². The van der Waals surface area contributed by atoms with Gasteiger partial charge >= 0.3 is 0 Å². The van der Waals surface area contributed by atoms with E-state index in [-0.39, 0.29) is 10.8 Å². The Kier molecular flexibility index (Phi) is 4.91. The van der Waals surface area contributed by atoms with Gasteiger partial charge in [0.05, 0.1) is 10.8 Å². The van der Waals surface area contributed by atoms with Crippen LogP contribution < -0.4 is 0 Å². The first-order chi connectivity index (χ1) is 9.55. The van der Waals surface area contributed by atoms with E-state index >= 15 is 0 Å². The molecular formula is C17H32N2O. The number of carbonyl (C=O) groups is 1. The fourth-order valence-corrected chi connectivity index (χ4v) is 4.49. The van der Waals surface area contributed by atoms with Crippen LogP contribution in [0.15, 0.2) is 0 Å². The number of Topliss-reactive ketones (excluding diaryl/α,β-unsaturated/α-hetero) is 1. The zero-order valence-corrected chi connectivity index (χ0v) is 13.9. The Morgan fingerprint density at radius 2 is 1.15 bits per heavy atom. The lowest BCUT2D eigenvalue weighted by Gasteiger charge is -2.57. The first-order valence-corrected chi connectivity index (χ1v) is 8.55. The van der Waals surface area contributed by atoms with Crippen LogP contribution in [0.5, 0.6) is 0 Å². The fraction of sp³-hybridized carbons (Fsp3) is 0.941. The average Bonchev–Trinajstić information content (AvgIpc) is 2.42. The molecule has 2 aliphatic heterocycles. The molecule has 0 aromatic rings. The maximum Gasteiger partial charge on any atom is 0.150 e. The van der Waals surface area contributed by atoms with Crippen LogP contribution in [0.4, 0.5) is 0 Å². The molecule has 0 radical (unpaired) electrons. The summed E-state index contributed by atoms with van der Waals surface area (Å²) in [7, 11) is 0. The number of hydrogen-bond donors (Lipinski definition) is 0. The summed E-state index contributed by atoms with van der Waals surface area (Å²) >= 11 is 0. The SMILES string of the molecule is CCCN1CC2(CC)CN(CCC)CC(CC)(C1)C2=O. The molecule has 0 atom stereocenters. The second-order valence-corrected chi connectivity index (χ2v) is 7.02. The number of rotatable bonds is 6. The highest BCUT2D eigenvalue weighted by molar-refractivity contribution is 5.93. The van der Waals surface area contributed by atoms with Crippen LogP contribution in [0.25, 0.3) is 0 Å². The first-order valence-electron chi connectivity index (χ1n) is 8.55. The van der Waals surface area contributed by atoms with Crippen LogP contribution in [0.2, 0.25) is 0 Å². The van der Waals surface area contributed by atoms with Crippen molar-refractivity contribution in [2.24, 2.45) is 10.8 Å². The molecule has 0 N–H and O–H groups in total. The van der Waals surface area contributed by atoms with E-state index in [1.165, 1.54) is 12.8 Å². The predicted octanol–water partition coefficient (Wildman–Crippen LogP) is 2.80. The molecule has 0 aromatic heterocycles. The molecule has 2 rings (SSSR count). The van der Waals surface area contributed by atoms with Crippen molar-refractivity contribution < 1.29 is 4.79 Å². The lowest BCUT2D eigenvalue weighted by Crippen LogP contribution is -2.69. The van der Waals surface area contributed by atoms with Gasteiger partial charge in [0.1, 0.15) is 5.78 Å². The Labute approximate surface area is 124 Å². The molecule has 116 valence electrons. The van der Waals surface area contributed by atoms with Crippen molar-refractivity contribution in [3.63, 3.8) is 0 Å². The Balaban J connectivity index is 2.31. The molecule has 0 spiro atoms. The Hall–Kier alpha value is -0.410. The maximum absolute atomic E-state index is 13.2. The Morgan fingerprint density at radius 3 is 1.40 bits per heavy atom. The first kappa shape index (κ1) is 16.0. The highest BCUT2D eigenvalue weighted by Crippen LogP contribution is 2.46. The minimum atomic E-state index is -0.100. The highest BCUT2D eigenvalue weighted by Gasteiger charge is 2.57. The van der Waals surface area contributed by atoms with Gasteiger partial charge in [0, 0.05) is 26.2 Å². The number of carbonyl (C=O) groups excluding carboxylic acids is 1. The molecule has 3 heteroatoms. The lowest BCUT2D eigenvalue weighted by molar-refractivity contribution is -0.162. The van der Waals surface area contributed by atoms with E-state index in [4.69, 9.17) is 0 Å². The van der Waals surface area contributed by atoms with E-state index in [1.54, 1.807) is 0 Å². The van der Waals surface area contributed by atoms with Crippen molar-refractivity contribution in [2.75, 3.05) is 39.3 Å². The van der Waals surface area contributed by atoms with Crippen LogP contribution in [0, 0.1) is 10.8 Å². The summed E-state index contributed by atoms with van der Waals surface area (Å²) in [6.45, 7) is 15.1. The molecular weight excluding hydrogens is 248 g/mol. The average molecular weight is 280 g/mol. The lowest BCUT2D eigenvalue weighted by atomic mass is 9.60. The Bertz CT molecular complexity index is 309. The number of likely N-dealkylation sites (tertiary alicyclic amines) is 2. The van der Waals surface area contributed by atoms with E-state index in [1.807, 2.05) is 0 Å². The smallest absolute Gasteiger partial charge is 0.150 e. The normalized spacial score (nSPS) is 35.5. The number of nitrogens with zero attached hydrogens (tertiary/aromatic N) is 2. The van der Waals surface area contributed by atoms with Gasteiger partial charge in [-0.1, -0.05) is 27.7 Å². The number of hydrogen-bond acceptors (Lipinski definition) is 3. The summed E-state index contributed by atoms with van der Waals surface area (Å²) in [5, 5.41) is 0. The molecule has 2 aliphatic rings. The third-order valence-corrected chi connectivity index (χ3v) is 5.50. The van der Waals surface area contributed by atoms with E-state index < -0.39 is 0 Å². The van der Waals surface area contributed by atoms with E-state index in [2.05, 4.69) is 37.5 Å². The molecule has 20 heavy (non-hydrogen) atoms. The molecule has 0 amide bonds. The second kappa shape index (κ2) is 6.15. The van der Waals surface area contributed by atoms with Gasteiger partial charge in [-0.25, -0.2) is 0 Å².